The van der Waals surface area contributed by atoms with Crippen LogP contribution in [-0.4, -0.2) is 15.7 Å². The molecule has 0 N–H and O–H groups in total. The van der Waals surface area contributed by atoms with Crippen LogP contribution < -0.4 is 0 Å². The van der Waals surface area contributed by atoms with E-state index in [0.29, 0.717) is 16.8 Å². The molecule has 6 heteroatoms. The monoisotopic (exact) mass is 300 g/mol. The van der Waals surface area contributed by atoms with Crippen LogP contribution in [0.1, 0.15) is 15.9 Å². The van der Waals surface area contributed by atoms with Crippen LogP contribution in [0.2, 0.25) is 0 Å². The average Bonchev–Trinajstić information content (AvgIpc) is 2.88. The Hall–Kier alpha value is -1.14. The van der Waals surface area contributed by atoms with Crippen molar-refractivity contribution in [2.45, 2.75) is 6.61 Å². The Morgan fingerprint density at radius 1 is 1.69 bits per heavy atom. The molecule has 0 fully saturated rings. The normalized spacial score (nSPS) is 10.4. The van der Waals surface area contributed by atoms with Crippen LogP contribution in [0.3, 0.4) is 0 Å². The van der Waals surface area contributed by atoms with Crippen LogP contribution in [-0.2, 0) is 18.4 Å². The van der Waals surface area contributed by atoms with E-state index in [0.717, 1.165) is 5.56 Å². The van der Waals surface area contributed by atoms with Crippen LogP contribution in [0.4, 0.5) is 0 Å². The Labute approximate surface area is 105 Å². The van der Waals surface area contributed by atoms with Crippen molar-refractivity contribution in [3.05, 3.63) is 38.8 Å². The zero-order chi connectivity index (χ0) is 11.5. The molecule has 84 valence electrons. The molecule has 0 saturated carbocycles. The number of thiophene rings is 1. The molecule has 0 spiro atoms. The summed E-state index contributed by atoms with van der Waals surface area (Å²) in [5.74, 6) is -0.369. The van der Waals surface area contributed by atoms with E-state index in [-0.39, 0.29) is 5.97 Å². The summed E-state index contributed by atoms with van der Waals surface area (Å²) in [6, 6.07) is 1.93. The zero-order valence-corrected chi connectivity index (χ0v) is 10.9. The van der Waals surface area contributed by atoms with Crippen molar-refractivity contribution < 1.29 is 9.53 Å². The van der Waals surface area contributed by atoms with Gasteiger partial charge in [0.25, 0.3) is 0 Å². The first kappa shape index (κ1) is 11.3. The number of hydrogen-bond acceptors (Lipinski definition) is 4. The Bertz CT molecular complexity index is 493. The topological polar surface area (TPSA) is 44.1 Å². The number of carbonyl (C=O) groups excluding carboxylic acids is 1. The molecule has 0 aliphatic heterocycles. The van der Waals surface area contributed by atoms with Crippen LogP contribution in [0.15, 0.2) is 27.6 Å². The second-order valence-electron chi connectivity index (χ2n) is 3.18. The van der Waals surface area contributed by atoms with Gasteiger partial charge in [-0.05, 0) is 32.8 Å². The highest BCUT2D eigenvalue weighted by Gasteiger charge is 2.15. The molecule has 0 aliphatic rings. The van der Waals surface area contributed by atoms with Crippen LogP contribution in [0.25, 0.3) is 0 Å². The zero-order valence-electron chi connectivity index (χ0n) is 8.51. The van der Waals surface area contributed by atoms with E-state index in [1.165, 1.54) is 6.20 Å². The third-order valence-corrected chi connectivity index (χ3v) is 3.71. The number of aryl methyl sites for hydroxylation is 1. The Morgan fingerprint density at radius 3 is 3.06 bits per heavy atom. The van der Waals surface area contributed by atoms with Gasteiger partial charge in [-0.15, -0.1) is 0 Å². The van der Waals surface area contributed by atoms with Gasteiger partial charge in [0, 0.05) is 12.6 Å². The molecule has 2 rings (SSSR count). The Kier molecular flexibility index (Phi) is 3.40. The van der Waals surface area contributed by atoms with Gasteiger partial charge in [-0.2, -0.15) is 16.4 Å². The maximum Gasteiger partial charge on any atom is 0.342 e. The Morgan fingerprint density at radius 2 is 2.50 bits per heavy atom. The molecule has 0 bridgehead atoms. The van der Waals surface area contributed by atoms with Crippen molar-refractivity contribution in [3.63, 3.8) is 0 Å². The average molecular weight is 301 g/mol. The summed E-state index contributed by atoms with van der Waals surface area (Å²) in [6.45, 7) is 0.295. The molecule has 0 aliphatic carbocycles. The van der Waals surface area contributed by atoms with Gasteiger partial charge in [-0.25, -0.2) is 4.79 Å². The second kappa shape index (κ2) is 4.80. The van der Waals surface area contributed by atoms with E-state index >= 15 is 0 Å². The van der Waals surface area contributed by atoms with Crippen molar-refractivity contribution in [1.29, 1.82) is 0 Å². The lowest BCUT2D eigenvalue weighted by Gasteiger charge is -2.01. The number of aromatic nitrogens is 2. The molecule has 16 heavy (non-hydrogen) atoms. The van der Waals surface area contributed by atoms with Gasteiger partial charge in [0.1, 0.15) is 16.8 Å². The van der Waals surface area contributed by atoms with Gasteiger partial charge >= 0.3 is 5.97 Å². The van der Waals surface area contributed by atoms with E-state index in [4.69, 9.17) is 4.74 Å². The molecule has 2 aromatic heterocycles. The van der Waals surface area contributed by atoms with E-state index in [2.05, 4.69) is 21.0 Å². The summed E-state index contributed by atoms with van der Waals surface area (Å²) in [7, 11) is 1.75. The molecule has 0 radical (unpaired) electrons. The molecule has 0 aromatic carbocycles. The lowest BCUT2D eigenvalue weighted by molar-refractivity contribution is 0.0472. The summed E-state index contributed by atoms with van der Waals surface area (Å²) in [6.07, 6.45) is 1.49. The van der Waals surface area contributed by atoms with E-state index in [9.17, 15) is 4.79 Å². The van der Waals surface area contributed by atoms with Gasteiger partial charge < -0.3 is 4.74 Å². The fourth-order valence-electron chi connectivity index (χ4n) is 1.16. The SMILES string of the molecule is Cn1ncc(C(=O)OCc2ccsc2)c1Br. The summed E-state index contributed by atoms with van der Waals surface area (Å²) in [4.78, 5) is 11.7. The third kappa shape index (κ3) is 2.33. The second-order valence-corrected chi connectivity index (χ2v) is 4.71. The molecule has 4 nitrogen and oxygen atoms in total. The lowest BCUT2D eigenvalue weighted by atomic mass is 10.3. The van der Waals surface area contributed by atoms with Gasteiger partial charge in [-0.1, -0.05) is 0 Å². The van der Waals surface area contributed by atoms with E-state index in [1.54, 1.807) is 23.1 Å². The molecule has 2 heterocycles. The maximum absolute atomic E-state index is 11.7. The van der Waals surface area contributed by atoms with Crippen molar-refractivity contribution in [2.24, 2.45) is 7.05 Å². The maximum atomic E-state index is 11.7. The fraction of sp³-hybridized carbons (Fsp3) is 0.200. The number of ether oxygens (including phenoxy) is 1. The van der Waals surface area contributed by atoms with Crippen LogP contribution in [0, 0.1) is 0 Å². The summed E-state index contributed by atoms with van der Waals surface area (Å²) >= 11 is 4.85. The standard InChI is InChI=1S/C10H9BrN2O2S/c1-13-9(11)8(4-12-13)10(14)15-5-7-2-3-16-6-7/h2-4,6H,5H2,1H3. The minimum Gasteiger partial charge on any atom is -0.457 e. The fourth-order valence-corrected chi connectivity index (χ4v) is 2.17. The van der Waals surface area contributed by atoms with E-state index < -0.39 is 0 Å². The van der Waals surface area contributed by atoms with Crippen molar-refractivity contribution in [1.82, 2.24) is 9.78 Å². The van der Waals surface area contributed by atoms with E-state index in [1.807, 2.05) is 16.8 Å². The first-order chi connectivity index (χ1) is 7.68. The molecular weight excluding hydrogens is 292 g/mol. The molecule has 0 amide bonds. The minimum absolute atomic E-state index is 0.295. The lowest BCUT2D eigenvalue weighted by Crippen LogP contribution is -2.05. The molecule has 0 atom stereocenters. The van der Waals surface area contributed by atoms with Gasteiger partial charge in [-0.3, -0.25) is 4.68 Å². The molecule has 2 aromatic rings. The smallest absolute Gasteiger partial charge is 0.342 e. The molecule has 0 saturated heterocycles. The number of nitrogens with zero attached hydrogens (tertiary/aromatic N) is 2. The summed E-state index contributed by atoms with van der Waals surface area (Å²) in [5.41, 5.74) is 1.44. The van der Waals surface area contributed by atoms with Crippen LogP contribution in [0.5, 0.6) is 0 Å². The third-order valence-electron chi connectivity index (χ3n) is 2.04. The highest BCUT2D eigenvalue weighted by Crippen LogP contribution is 2.17. The number of carbonyl (C=O) groups is 1. The first-order valence-electron chi connectivity index (χ1n) is 4.54. The van der Waals surface area contributed by atoms with Crippen molar-refractivity contribution in [2.75, 3.05) is 0 Å². The molecular formula is C10H9BrN2O2S. The minimum atomic E-state index is -0.369. The Balaban J connectivity index is 2.01. The summed E-state index contributed by atoms with van der Waals surface area (Å²) in [5, 5.41) is 7.85. The summed E-state index contributed by atoms with van der Waals surface area (Å²) < 4.78 is 7.35. The van der Waals surface area contributed by atoms with Gasteiger partial charge in [0.2, 0.25) is 0 Å². The predicted molar refractivity (Wildman–Crippen MR) is 64.3 cm³/mol. The number of hydrogen-bond donors (Lipinski definition) is 0. The van der Waals surface area contributed by atoms with Crippen LogP contribution >= 0.6 is 27.3 Å². The van der Waals surface area contributed by atoms with Gasteiger partial charge in [0.05, 0.1) is 6.20 Å². The first-order valence-corrected chi connectivity index (χ1v) is 6.28. The molecule has 0 unspecified atom stereocenters. The predicted octanol–water partition coefficient (Wildman–Crippen LogP) is 2.60. The highest BCUT2D eigenvalue weighted by atomic mass is 79.9. The number of halogens is 1. The number of rotatable bonds is 3. The van der Waals surface area contributed by atoms with Crippen molar-refractivity contribution >= 4 is 33.2 Å². The number of esters is 1. The highest BCUT2D eigenvalue weighted by molar-refractivity contribution is 9.10. The quantitative estimate of drug-likeness (QED) is 0.819. The van der Waals surface area contributed by atoms with Crippen molar-refractivity contribution in [3.8, 4) is 0 Å². The van der Waals surface area contributed by atoms with Gasteiger partial charge in [0.15, 0.2) is 0 Å². The largest absolute Gasteiger partial charge is 0.457 e.